The van der Waals surface area contributed by atoms with Crippen molar-refractivity contribution in [1.29, 1.82) is 0 Å². The molecule has 0 fully saturated rings. The molecule has 0 unspecified atom stereocenters. The van der Waals surface area contributed by atoms with E-state index < -0.39 is 5.97 Å². The molecule has 0 aromatic heterocycles. The van der Waals surface area contributed by atoms with Crippen LogP contribution in [0.2, 0.25) is 0 Å². The van der Waals surface area contributed by atoms with Gasteiger partial charge in [0.05, 0.1) is 0 Å². The lowest BCUT2D eigenvalue weighted by atomic mass is 10.1. The van der Waals surface area contributed by atoms with E-state index in [1.54, 1.807) is 0 Å². The molecule has 0 aliphatic carbocycles. The van der Waals surface area contributed by atoms with E-state index in [9.17, 15) is 4.79 Å². The lowest BCUT2D eigenvalue weighted by molar-refractivity contribution is -0.137. The van der Waals surface area contributed by atoms with Gasteiger partial charge in [-0.2, -0.15) is 0 Å². The molecule has 0 aromatic carbocycles. The highest BCUT2D eigenvalue weighted by molar-refractivity contribution is 5.66. The van der Waals surface area contributed by atoms with Gasteiger partial charge in [0.15, 0.2) is 0 Å². The van der Waals surface area contributed by atoms with Crippen LogP contribution in [0.4, 0.5) is 0 Å². The molecule has 0 bridgehead atoms. The van der Waals surface area contributed by atoms with E-state index in [-0.39, 0.29) is 0 Å². The fourth-order valence-corrected chi connectivity index (χ4v) is 2.09. The third-order valence-corrected chi connectivity index (χ3v) is 3.42. The molecule has 134 valence electrons. The molecule has 0 aliphatic rings. The standard InChI is InChI=1S/C22H34O2/c1-2-3-4-5-6-7-8-9-10-11-12-13-14-15-16-17-18-19-20-21-22(23)24/h3-4,7-10,12-13,15-16H,2,5-6,11,14,17-21H2,1H3,(H,23,24)/b4-3-,8-7+,10-9-,13-12-,16-15-. The van der Waals surface area contributed by atoms with Crippen molar-refractivity contribution >= 4 is 5.97 Å². The van der Waals surface area contributed by atoms with E-state index in [1.165, 1.54) is 0 Å². The van der Waals surface area contributed by atoms with Gasteiger partial charge in [0.25, 0.3) is 0 Å². The van der Waals surface area contributed by atoms with E-state index in [1.807, 2.05) is 0 Å². The number of hydrogen-bond donors (Lipinski definition) is 1. The van der Waals surface area contributed by atoms with E-state index >= 15 is 0 Å². The normalized spacial score (nSPS) is 12.7. The minimum Gasteiger partial charge on any atom is -0.481 e. The second kappa shape index (κ2) is 19.2. The number of allylic oxidation sites excluding steroid dienone is 10. The predicted octanol–water partition coefficient (Wildman–Crippen LogP) is 6.77. The summed E-state index contributed by atoms with van der Waals surface area (Å²) in [5, 5.41) is 8.52. The van der Waals surface area contributed by atoms with E-state index in [0.29, 0.717) is 6.42 Å². The lowest BCUT2D eigenvalue weighted by Crippen LogP contribution is -1.93. The summed E-state index contributed by atoms with van der Waals surface area (Å²) in [6, 6.07) is 0. The number of aliphatic carboxylic acids is 1. The molecule has 0 saturated carbocycles. The second-order valence-electron chi connectivity index (χ2n) is 5.72. The first-order valence-corrected chi connectivity index (χ1v) is 9.25. The average Bonchev–Trinajstić information content (AvgIpc) is 2.56. The van der Waals surface area contributed by atoms with Gasteiger partial charge >= 0.3 is 5.97 Å². The largest absolute Gasteiger partial charge is 0.481 e. The fourth-order valence-electron chi connectivity index (χ4n) is 2.09. The number of hydrogen-bond acceptors (Lipinski definition) is 1. The zero-order chi connectivity index (χ0) is 17.7. The number of carboxylic acids is 1. The topological polar surface area (TPSA) is 37.3 Å². The van der Waals surface area contributed by atoms with Gasteiger partial charge in [-0.25, -0.2) is 0 Å². The summed E-state index contributed by atoms with van der Waals surface area (Å²) < 4.78 is 0. The first-order chi connectivity index (χ1) is 11.8. The van der Waals surface area contributed by atoms with Gasteiger partial charge in [-0.3, -0.25) is 4.79 Å². The van der Waals surface area contributed by atoms with Crippen LogP contribution in [0.15, 0.2) is 60.8 Å². The van der Waals surface area contributed by atoms with Crippen molar-refractivity contribution in [1.82, 2.24) is 0 Å². The molecule has 0 atom stereocenters. The molecule has 0 heterocycles. The Hall–Kier alpha value is -1.83. The molecule has 0 amide bonds. The summed E-state index contributed by atoms with van der Waals surface area (Å²) in [7, 11) is 0. The highest BCUT2D eigenvalue weighted by Gasteiger charge is 1.94. The SMILES string of the molecule is CC/C=C\CC/C=C/C=C\C/C=C\C/C=C\CCCCCC(=O)O. The van der Waals surface area contributed by atoms with Gasteiger partial charge in [0, 0.05) is 6.42 Å². The number of carbonyl (C=O) groups is 1. The van der Waals surface area contributed by atoms with Crippen molar-refractivity contribution in [3.8, 4) is 0 Å². The maximum Gasteiger partial charge on any atom is 0.303 e. The molecule has 0 saturated heterocycles. The van der Waals surface area contributed by atoms with Crippen LogP contribution in [-0.2, 0) is 4.79 Å². The van der Waals surface area contributed by atoms with Gasteiger partial charge in [-0.05, 0) is 51.4 Å². The maximum absolute atomic E-state index is 10.3. The van der Waals surface area contributed by atoms with Crippen LogP contribution in [0.3, 0.4) is 0 Å². The van der Waals surface area contributed by atoms with Gasteiger partial charge in [0.1, 0.15) is 0 Å². The Kier molecular flexibility index (Phi) is 17.8. The molecule has 0 aliphatic heterocycles. The molecule has 2 nitrogen and oxygen atoms in total. The van der Waals surface area contributed by atoms with Gasteiger partial charge in [-0.1, -0.05) is 74.1 Å². The van der Waals surface area contributed by atoms with Crippen LogP contribution in [-0.4, -0.2) is 11.1 Å². The zero-order valence-electron chi connectivity index (χ0n) is 15.2. The lowest BCUT2D eigenvalue weighted by Gasteiger charge is -1.94. The van der Waals surface area contributed by atoms with Crippen molar-refractivity contribution in [2.75, 3.05) is 0 Å². The third-order valence-electron chi connectivity index (χ3n) is 3.42. The van der Waals surface area contributed by atoms with Crippen LogP contribution >= 0.6 is 0 Å². The molecular weight excluding hydrogens is 296 g/mol. The summed E-state index contributed by atoms with van der Waals surface area (Å²) in [6.45, 7) is 2.16. The summed E-state index contributed by atoms with van der Waals surface area (Å²) in [4.78, 5) is 10.3. The van der Waals surface area contributed by atoms with Crippen LogP contribution in [0.5, 0.6) is 0 Å². The monoisotopic (exact) mass is 330 g/mol. The Labute approximate surface area is 148 Å². The van der Waals surface area contributed by atoms with Gasteiger partial charge < -0.3 is 5.11 Å². The molecule has 1 N–H and O–H groups in total. The molecule has 0 spiro atoms. The van der Waals surface area contributed by atoms with Gasteiger partial charge in [0.2, 0.25) is 0 Å². The quantitative estimate of drug-likeness (QED) is 0.204. The maximum atomic E-state index is 10.3. The first kappa shape index (κ1) is 22.2. The van der Waals surface area contributed by atoms with Crippen LogP contribution in [0.1, 0.15) is 71.1 Å². The smallest absolute Gasteiger partial charge is 0.303 e. The first-order valence-electron chi connectivity index (χ1n) is 9.25. The Balaban J connectivity index is 3.43. The molecule has 24 heavy (non-hydrogen) atoms. The van der Waals surface area contributed by atoms with E-state index in [0.717, 1.165) is 57.8 Å². The summed E-state index contributed by atoms with van der Waals surface area (Å²) in [5.41, 5.74) is 0. The van der Waals surface area contributed by atoms with E-state index in [2.05, 4.69) is 67.7 Å². The Morgan fingerprint density at radius 1 is 0.708 bits per heavy atom. The summed E-state index contributed by atoms with van der Waals surface area (Å²) in [6.07, 6.45) is 31.3. The van der Waals surface area contributed by atoms with Crippen LogP contribution in [0, 0.1) is 0 Å². The minimum atomic E-state index is -0.690. The Morgan fingerprint density at radius 2 is 1.33 bits per heavy atom. The summed E-state index contributed by atoms with van der Waals surface area (Å²) >= 11 is 0. The zero-order valence-corrected chi connectivity index (χ0v) is 15.2. The molecule has 0 radical (unpaired) electrons. The molecular formula is C22H34O2. The molecule has 0 rings (SSSR count). The predicted molar refractivity (Wildman–Crippen MR) is 105 cm³/mol. The molecule has 2 heteroatoms. The van der Waals surface area contributed by atoms with Crippen LogP contribution < -0.4 is 0 Å². The average molecular weight is 331 g/mol. The highest BCUT2D eigenvalue weighted by atomic mass is 16.4. The van der Waals surface area contributed by atoms with Crippen molar-refractivity contribution in [3.05, 3.63) is 60.8 Å². The fraction of sp³-hybridized carbons (Fsp3) is 0.500. The molecule has 0 aromatic rings. The van der Waals surface area contributed by atoms with Crippen LogP contribution in [0.25, 0.3) is 0 Å². The van der Waals surface area contributed by atoms with E-state index in [4.69, 9.17) is 5.11 Å². The Morgan fingerprint density at radius 3 is 2.08 bits per heavy atom. The highest BCUT2D eigenvalue weighted by Crippen LogP contribution is 2.04. The van der Waals surface area contributed by atoms with Crippen molar-refractivity contribution < 1.29 is 9.90 Å². The summed E-state index contributed by atoms with van der Waals surface area (Å²) in [5.74, 6) is -0.690. The minimum absolute atomic E-state index is 0.297. The van der Waals surface area contributed by atoms with Crippen molar-refractivity contribution in [3.63, 3.8) is 0 Å². The Bertz CT molecular complexity index is 425. The second-order valence-corrected chi connectivity index (χ2v) is 5.72. The number of carboxylic acid groups (broad SMARTS) is 1. The third kappa shape index (κ3) is 20.2. The van der Waals surface area contributed by atoms with Gasteiger partial charge in [-0.15, -0.1) is 0 Å². The number of unbranched alkanes of at least 4 members (excludes halogenated alkanes) is 4. The van der Waals surface area contributed by atoms with Crippen molar-refractivity contribution in [2.24, 2.45) is 0 Å². The number of rotatable bonds is 15. The van der Waals surface area contributed by atoms with Crippen molar-refractivity contribution in [2.45, 2.75) is 71.1 Å².